The van der Waals surface area contributed by atoms with Gasteiger partial charge in [0.15, 0.2) is 0 Å². The minimum Gasteiger partial charge on any atom is -0.384 e. The molecule has 1 unspecified atom stereocenters. The summed E-state index contributed by atoms with van der Waals surface area (Å²) in [6, 6.07) is 3.43. The number of amides is 2. The van der Waals surface area contributed by atoms with Gasteiger partial charge < -0.3 is 21.1 Å². The van der Waals surface area contributed by atoms with E-state index >= 15 is 0 Å². The van der Waals surface area contributed by atoms with Gasteiger partial charge in [0.2, 0.25) is 0 Å². The van der Waals surface area contributed by atoms with Crippen molar-refractivity contribution in [2.75, 3.05) is 18.5 Å². The number of carbonyl (C=O) groups excluding carboxylic acids is 1. The van der Waals surface area contributed by atoms with Crippen LogP contribution in [0.15, 0.2) is 18.2 Å². The minimum atomic E-state index is -0.634. The molecule has 0 bridgehead atoms. The predicted octanol–water partition coefficient (Wildman–Crippen LogP) is 1.02. The number of nitrogens with one attached hydrogen (secondary N) is 3. The number of nitrogen functional groups attached to an aromatic ring is 1. The topological polar surface area (TPSA) is 100 Å². The van der Waals surface area contributed by atoms with Crippen LogP contribution in [0, 0.1) is 11.2 Å². The Morgan fingerprint density at radius 3 is 2.89 bits per heavy atom. The summed E-state index contributed by atoms with van der Waals surface area (Å²) in [5, 5.41) is 12.3. The number of ether oxygens (including phenoxy) is 1. The highest BCUT2D eigenvalue weighted by Gasteiger charge is 2.18. The molecule has 0 saturated carbocycles. The average Bonchev–Trinajstić information content (AvgIpc) is 2.84. The quantitative estimate of drug-likeness (QED) is 0.485. The number of halogens is 1. The molecule has 2 amide bonds. The zero-order chi connectivity index (χ0) is 13.8. The van der Waals surface area contributed by atoms with Crippen LogP contribution in [0.5, 0.6) is 0 Å². The molecule has 0 aliphatic carbocycles. The van der Waals surface area contributed by atoms with Gasteiger partial charge in [-0.3, -0.25) is 5.41 Å². The van der Waals surface area contributed by atoms with Gasteiger partial charge in [-0.05, 0) is 24.6 Å². The van der Waals surface area contributed by atoms with E-state index in [-0.39, 0.29) is 23.1 Å². The molecule has 0 spiro atoms. The minimum absolute atomic E-state index is 0.0421. The normalized spacial score (nSPS) is 18.1. The molecule has 1 heterocycles. The maximum Gasteiger partial charge on any atom is 0.319 e. The first-order valence-corrected chi connectivity index (χ1v) is 5.85. The van der Waals surface area contributed by atoms with E-state index in [4.69, 9.17) is 15.9 Å². The van der Waals surface area contributed by atoms with Crippen molar-refractivity contribution in [3.63, 3.8) is 0 Å². The summed E-state index contributed by atoms with van der Waals surface area (Å²) in [7, 11) is 0. The van der Waals surface area contributed by atoms with E-state index < -0.39 is 11.8 Å². The fraction of sp³-hybridized carbons (Fsp3) is 0.333. The molecule has 5 N–H and O–H groups in total. The Kier molecular flexibility index (Phi) is 3.96. The monoisotopic (exact) mass is 266 g/mol. The van der Waals surface area contributed by atoms with E-state index in [0.717, 1.165) is 12.5 Å². The van der Waals surface area contributed by atoms with Gasteiger partial charge in [0.25, 0.3) is 0 Å². The van der Waals surface area contributed by atoms with Crippen molar-refractivity contribution in [2.45, 2.75) is 12.5 Å². The average molecular weight is 266 g/mol. The number of urea groups is 1. The highest BCUT2D eigenvalue weighted by Crippen LogP contribution is 2.15. The first-order valence-electron chi connectivity index (χ1n) is 5.85. The zero-order valence-corrected chi connectivity index (χ0v) is 10.2. The molecule has 1 aliphatic heterocycles. The van der Waals surface area contributed by atoms with E-state index in [1.165, 1.54) is 12.1 Å². The van der Waals surface area contributed by atoms with Crippen LogP contribution in [-0.4, -0.2) is 31.1 Å². The summed E-state index contributed by atoms with van der Waals surface area (Å²) in [6.45, 7) is 1.09. The van der Waals surface area contributed by atoms with Gasteiger partial charge in [-0.15, -0.1) is 0 Å². The van der Waals surface area contributed by atoms with Crippen LogP contribution >= 0.6 is 0 Å². The summed E-state index contributed by atoms with van der Waals surface area (Å²) >= 11 is 0. The van der Waals surface area contributed by atoms with Crippen molar-refractivity contribution in [1.82, 2.24) is 5.32 Å². The Morgan fingerprint density at radius 2 is 2.32 bits per heavy atom. The first-order chi connectivity index (χ1) is 9.06. The van der Waals surface area contributed by atoms with E-state index in [1.54, 1.807) is 0 Å². The summed E-state index contributed by atoms with van der Waals surface area (Å²) in [4.78, 5) is 11.6. The predicted molar refractivity (Wildman–Crippen MR) is 68.8 cm³/mol. The Balaban J connectivity index is 1.98. The molecule has 1 aliphatic rings. The molecular weight excluding hydrogens is 251 g/mol. The molecule has 19 heavy (non-hydrogen) atoms. The van der Waals surface area contributed by atoms with Crippen LogP contribution in [0.2, 0.25) is 0 Å². The molecule has 6 nitrogen and oxygen atoms in total. The number of amidine groups is 1. The fourth-order valence-electron chi connectivity index (χ4n) is 1.78. The van der Waals surface area contributed by atoms with Gasteiger partial charge in [0.1, 0.15) is 11.7 Å². The smallest absolute Gasteiger partial charge is 0.319 e. The molecule has 1 aromatic carbocycles. The number of carbonyl (C=O) groups is 1. The zero-order valence-electron chi connectivity index (χ0n) is 10.2. The van der Waals surface area contributed by atoms with Crippen molar-refractivity contribution in [1.29, 1.82) is 5.41 Å². The van der Waals surface area contributed by atoms with E-state index in [2.05, 4.69) is 10.6 Å². The van der Waals surface area contributed by atoms with Gasteiger partial charge in [-0.25, -0.2) is 9.18 Å². The van der Waals surface area contributed by atoms with Crippen molar-refractivity contribution in [3.8, 4) is 0 Å². The number of hydrogen-bond donors (Lipinski definition) is 4. The van der Waals surface area contributed by atoms with Gasteiger partial charge in [0.05, 0.1) is 18.3 Å². The van der Waals surface area contributed by atoms with Crippen molar-refractivity contribution >= 4 is 17.6 Å². The standard InChI is InChI=1S/C12H15FN4O2/c13-9-5-7(11(14)15)1-2-10(9)17-12(18)16-8-3-4-19-6-8/h1-2,5,8H,3-4,6H2,(H3,14,15)(H2,16,17,18). The number of benzene rings is 1. The van der Waals surface area contributed by atoms with Crippen LogP contribution in [0.3, 0.4) is 0 Å². The maximum atomic E-state index is 13.7. The summed E-state index contributed by atoms with van der Waals surface area (Å²) in [6.07, 6.45) is 0.749. The first kappa shape index (κ1) is 13.3. The highest BCUT2D eigenvalue weighted by molar-refractivity contribution is 5.96. The third-order valence-corrected chi connectivity index (χ3v) is 2.79. The molecule has 0 aromatic heterocycles. The Morgan fingerprint density at radius 1 is 1.53 bits per heavy atom. The van der Waals surface area contributed by atoms with Crippen LogP contribution in [-0.2, 0) is 4.74 Å². The van der Waals surface area contributed by atoms with Crippen molar-refractivity contribution in [2.24, 2.45) is 5.73 Å². The third kappa shape index (κ3) is 3.41. The van der Waals surface area contributed by atoms with E-state index in [0.29, 0.717) is 13.2 Å². The van der Waals surface area contributed by atoms with Crippen LogP contribution in [0.4, 0.5) is 14.9 Å². The van der Waals surface area contributed by atoms with E-state index in [9.17, 15) is 9.18 Å². The number of nitrogens with two attached hydrogens (primary N) is 1. The van der Waals surface area contributed by atoms with Gasteiger partial charge >= 0.3 is 6.03 Å². The molecular formula is C12H15FN4O2. The Labute approximate surface area is 109 Å². The second-order valence-electron chi connectivity index (χ2n) is 4.27. The van der Waals surface area contributed by atoms with Gasteiger partial charge in [0, 0.05) is 12.2 Å². The maximum absolute atomic E-state index is 13.7. The summed E-state index contributed by atoms with van der Waals surface area (Å²) < 4.78 is 18.8. The summed E-state index contributed by atoms with van der Waals surface area (Å²) in [5.74, 6) is -0.858. The van der Waals surface area contributed by atoms with Crippen LogP contribution in [0.1, 0.15) is 12.0 Å². The van der Waals surface area contributed by atoms with E-state index in [1.807, 2.05) is 0 Å². The lowest BCUT2D eigenvalue weighted by Crippen LogP contribution is -2.38. The number of hydrogen-bond acceptors (Lipinski definition) is 3. The SMILES string of the molecule is N=C(N)c1ccc(NC(=O)NC2CCOC2)c(F)c1. The molecule has 7 heteroatoms. The Bertz CT molecular complexity index is 501. The largest absolute Gasteiger partial charge is 0.384 e. The van der Waals surface area contributed by atoms with Crippen molar-refractivity contribution in [3.05, 3.63) is 29.6 Å². The number of rotatable bonds is 3. The van der Waals surface area contributed by atoms with Crippen LogP contribution in [0.25, 0.3) is 0 Å². The van der Waals surface area contributed by atoms with Crippen molar-refractivity contribution < 1.29 is 13.9 Å². The molecule has 1 atom stereocenters. The molecule has 1 saturated heterocycles. The lowest BCUT2D eigenvalue weighted by atomic mass is 10.2. The van der Waals surface area contributed by atoms with Gasteiger partial charge in [-0.2, -0.15) is 0 Å². The van der Waals surface area contributed by atoms with Gasteiger partial charge in [-0.1, -0.05) is 0 Å². The molecule has 1 fully saturated rings. The Hall–Kier alpha value is -2.15. The number of anilines is 1. The lowest BCUT2D eigenvalue weighted by molar-refractivity contribution is 0.189. The second-order valence-corrected chi connectivity index (χ2v) is 4.27. The second kappa shape index (κ2) is 5.66. The molecule has 1 aromatic rings. The molecule has 0 radical (unpaired) electrons. The highest BCUT2D eigenvalue weighted by atomic mass is 19.1. The molecule has 2 rings (SSSR count). The third-order valence-electron chi connectivity index (χ3n) is 2.79. The fourth-order valence-corrected chi connectivity index (χ4v) is 1.78. The lowest BCUT2D eigenvalue weighted by Gasteiger charge is -2.12. The van der Waals surface area contributed by atoms with Crippen LogP contribution < -0.4 is 16.4 Å². The molecule has 102 valence electrons. The summed E-state index contributed by atoms with van der Waals surface area (Å²) in [5.41, 5.74) is 5.56.